The predicted molar refractivity (Wildman–Crippen MR) is 143 cm³/mol. The van der Waals surface area contributed by atoms with Crippen molar-refractivity contribution in [2.75, 3.05) is 40.0 Å². The summed E-state index contributed by atoms with van der Waals surface area (Å²) in [5.74, 6) is 0.0739. The van der Waals surface area contributed by atoms with Crippen LogP contribution in [0.5, 0.6) is 23.1 Å². The lowest BCUT2D eigenvalue weighted by molar-refractivity contribution is -0.137. The maximum Gasteiger partial charge on any atom is 0.230 e. The summed E-state index contributed by atoms with van der Waals surface area (Å²) in [6, 6.07) is 8.18. The van der Waals surface area contributed by atoms with E-state index in [9.17, 15) is 15.0 Å². The molecule has 2 atom stereocenters. The van der Waals surface area contributed by atoms with Gasteiger partial charge in [0.05, 0.1) is 49.9 Å². The van der Waals surface area contributed by atoms with Crippen LogP contribution in [0, 0.1) is 12.7 Å². The predicted octanol–water partition coefficient (Wildman–Crippen LogP) is 3.10. The van der Waals surface area contributed by atoms with Crippen LogP contribution in [0.2, 0.25) is 0 Å². The number of amides is 1. The highest BCUT2D eigenvalue weighted by molar-refractivity contribution is 5.87. The van der Waals surface area contributed by atoms with E-state index in [4.69, 9.17) is 18.9 Å². The molecule has 11 nitrogen and oxygen atoms in total. The number of morpholine rings is 1. The number of fused-ring (bicyclic) bond motifs is 2. The Hall–Kier alpha value is -4.00. The molecule has 4 aromatic rings. The molecule has 3 N–H and O–H groups in total. The third-order valence-electron chi connectivity index (χ3n) is 6.68. The number of nitrogens with zero attached hydrogens (tertiary/aromatic N) is 3. The number of aryl methyl sites for hydroxylation is 1. The van der Waals surface area contributed by atoms with Gasteiger partial charge in [-0.1, -0.05) is 0 Å². The molecule has 0 bridgehead atoms. The fourth-order valence-corrected chi connectivity index (χ4v) is 4.66. The molecule has 1 amide bonds. The second-order valence-electron chi connectivity index (χ2n) is 9.64. The molecule has 2 aromatic carbocycles. The van der Waals surface area contributed by atoms with Crippen LogP contribution in [0.3, 0.4) is 0 Å². The molecular formula is C28H31FN4O7. The normalized spacial score (nSPS) is 15.3. The van der Waals surface area contributed by atoms with E-state index in [0.717, 1.165) is 5.69 Å². The van der Waals surface area contributed by atoms with Gasteiger partial charge < -0.3 is 39.0 Å². The van der Waals surface area contributed by atoms with Crippen LogP contribution in [-0.4, -0.2) is 88.2 Å². The zero-order valence-electron chi connectivity index (χ0n) is 22.2. The molecule has 40 heavy (non-hydrogen) atoms. The van der Waals surface area contributed by atoms with Crippen molar-refractivity contribution in [2.24, 2.45) is 0 Å². The van der Waals surface area contributed by atoms with Crippen molar-refractivity contribution in [3.8, 4) is 23.1 Å². The molecular weight excluding hydrogens is 523 g/mol. The molecule has 2 aromatic heterocycles. The van der Waals surface area contributed by atoms with Gasteiger partial charge in [-0.2, -0.15) is 0 Å². The van der Waals surface area contributed by atoms with Crippen molar-refractivity contribution in [1.82, 2.24) is 19.9 Å². The summed E-state index contributed by atoms with van der Waals surface area (Å²) in [5, 5.41) is 21.6. The Morgan fingerprint density at radius 2 is 1.90 bits per heavy atom. The molecule has 1 aliphatic heterocycles. The second kappa shape index (κ2) is 12.0. The number of hydrogen-bond donors (Lipinski definition) is 3. The molecule has 0 spiro atoms. The number of aromatic amines is 1. The lowest BCUT2D eigenvalue weighted by atomic mass is 10.1. The highest BCUT2D eigenvalue weighted by Crippen LogP contribution is 2.37. The Labute approximate surface area is 229 Å². The van der Waals surface area contributed by atoms with E-state index in [1.54, 1.807) is 29.2 Å². The number of aliphatic hydroxyl groups is 2. The first-order valence-electron chi connectivity index (χ1n) is 12.9. The van der Waals surface area contributed by atoms with E-state index in [-0.39, 0.29) is 37.0 Å². The average molecular weight is 555 g/mol. The minimum absolute atomic E-state index is 0.0135. The smallest absolute Gasteiger partial charge is 0.230 e. The highest BCUT2D eigenvalue weighted by atomic mass is 19.1. The molecule has 12 heteroatoms. The molecule has 0 radical (unpaired) electrons. The van der Waals surface area contributed by atoms with E-state index in [0.29, 0.717) is 59.6 Å². The molecule has 2 unspecified atom stereocenters. The quantitative estimate of drug-likeness (QED) is 0.270. The summed E-state index contributed by atoms with van der Waals surface area (Å²) in [4.78, 5) is 25.5. The number of carbonyl (C=O) groups is 1. The monoisotopic (exact) mass is 554 g/mol. The molecule has 0 aliphatic carbocycles. The number of ether oxygens (including phenoxy) is 4. The van der Waals surface area contributed by atoms with Gasteiger partial charge in [0.2, 0.25) is 11.8 Å². The number of halogens is 1. The van der Waals surface area contributed by atoms with Crippen molar-refractivity contribution in [2.45, 2.75) is 32.0 Å². The number of methoxy groups -OCH3 is 1. The van der Waals surface area contributed by atoms with Gasteiger partial charge in [0.25, 0.3) is 0 Å². The number of carbonyl (C=O) groups excluding carboxylic acids is 1. The Kier molecular flexibility index (Phi) is 8.29. The molecule has 1 aliphatic rings. The zero-order chi connectivity index (χ0) is 28.2. The van der Waals surface area contributed by atoms with Gasteiger partial charge in [-0.3, -0.25) is 4.79 Å². The first-order valence-corrected chi connectivity index (χ1v) is 12.9. The van der Waals surface area contributed by atoms with Crippen molar-refractivity contribution >= 4 is 27.7 Å². The minimum atomic E-state index is -1.04. The van der Waals surface area contributed by atoms with Gasteiger partial charge >= 0.3 is 0 Å². The Bertz CT molecular complexity index is 1510. The van der Waals surface area contributed by atoms with Crippen molar-refractivity contribution < 1.29 is 38.3 Å². The summed E-state index contributed by atoms with van der Waals surface area (Å²) in [5.41, 5.74) is 1.94. The number of hydrogen-bond acceptors (Lipinski definition) is 9. The maximum absolute atomic E-state index is 15.1. The van der Waals surface area contributed by atoms with Crippen molar-refractivity contribution in [3.05, 3.63) is 48.2 Å². The summed E-state index contributed by atoms with van der Waals surface area (Å²) in [6.07, 6.45) is -0.890. The third-order valence-corrected chi connectivity index (χ3v) is 6.68. The summed E-state index contributed by atoms with van der Waals surface area (Å²) in [7, 11) is 1.46. The average Bonchev–Trinajstić information content (AvgIpc) is 3.34. The lowest BCUT2D eigenvalue weighted by Crippen LogP contribution is -2.42. The van der Waals surface area contributed by atoms with Crippen LogP contribution in [0.25, 0.3) is 21.8 Å². The summed E-state index contributed by atoms with van der Waals surface area (Å²) < 4.78 is 37.5. The van der Waals surface area contributed by atoms with Crippen molar-refractivity contribution in [3.63, 3.8) is 0 Å². The largest absolute Gasteiger partial charge is 0.493 e. The third kappa shape index (κ3) is 6.09. The van der Waals surface area contributed by atoms with Gasteiger partial charge in [-0.15, -0.1) is 0 Å². The van der Waals surface area contributed by atoms with E-state index in [1.165, 1.54) is 19.5 Å². The van der Waals surface area contributed by atoms with Crippen LogP contribution in [0.15, 0.2) is 36.7 Å². The number of aliphatic hydroxyl groups excluding tert-OH is 2. The van der Waals surface area contributed by atoms with Gasteiger partial charge in [-0.05, 0) is 31.2 Å². The number of benzene rings is 2. The van der Waals surface area contributed by atoms with Crippen molar-refractivity contribution in [1.29, 1.82) is 0 Å². The fourth-order valence-electron chi connectivity index (χ4n) is 4.66. The van der Waals surface area contributed by atoms with E-state index >= 15 is 4.39 Å². The number of rotatable bonds is 10. The van der Waals surface area contributed by atoms with Crippen LogP contribution in [-0.2, 0) is 9.53 Å². The van der Waals surface area contributed by atoms with Crippen LogP contribution in [0.1, 0.15) is 18.5 Å². The zero-order valence-corrected chi connectivity index (χ0v) is 22.2. The topological polar surface area (TPSA) is 139 Å². The first kappa shape index (κ1) is 27.6. The number of H-pyrrole nitrogens is 1. The number of nitrogens with one attached hydrogen (secondary N) is 1. The van der Waals surface area contributed by atoms with Gasteiger partial charge in [0.1, 0.15) is 12.9 Å². The van der Waals surface area contributed by atoms with Crippen LogP contribution in [0.4, 0.5) is 4.39 Å². The van der Waals surface area contributed by atoms with Crippen LogP contribution < -0.4 is 14.2 Å². The first-order chi connectivity index (χ1) is 19.3. The second-order valence-corrected chi connectivity index (χ2v) is 9.64. The van der Waals surface area contributed by atoms with E-state index < -0.39 is 18.0 Å². The maximum atomic E-state index is 15.1. The van der Waals surface area contributed by atoms with Gasteiger partial charge in [-0.25, -0.2) is 14.4 Å². The molecule has 1 saturated heterocycles. The number of aromatic nitrogens is 3. The molecule has 3 heterocycles. The molecule has 0 saturated carbocycles. The van der Waals surface area contributed by atoms with E-state index in [2.05, 4.69) is 15.0 Å². The Morgan fingerprint density at radius 1 is 1.10 bits per heavy atom. The Balaban J connectivity index is 1.26. The van der Waals surface area contributed by atoms with Gasteiger partial charge in [0.15, 0.2) is 23.1 Å². The molecule has 212 valence electrons. The molecule has 5 rings (SSSR count). The molecule has 1 fully saturated rings. The standard InChI is InChI=1S/C28H31FN4O7/c1-16-9-19-21(32-16)3-4-23(27(19)29)40-28-20-12-24(37-2)25(13-22(20)30-15-31-28)39-14-18(35)10-17(34)11-26(36)33-5-7-38-8-6-33/h3-4,9,12-13,15,17-18,32,34-35H,5-8,10-11,14H2,1-2H3. The lowest BCUT2D eigenvalue weighted by Gasteiger charge is -2.28. The minimum Gasteiger partial charge on any atom is -0.493 e. The van der Waals surface area contributed by atoms with Gasteiger partial charge in [0, 0.05) is 42.2 Å². The van der Waals surface area contributed by atoms with E-state index in [1.807, 2.05) is 6.92 Å². The highest BCUT2D eigenvalue weighted by Gasteiger charge is 2.23. The summed E-state index contributed by atoms with van der Waals surface area (Å²) >= 11 is 0. The summed E-state index contributed by atoms with van der Waals surface area (Å²) in [6.45, 7) is 3.63. The SMILES string of the molecule is COc1cc2c(Oc3ccc4[nH]c(C)cc4c3F)ncnc2cc1OCC(O)CC(O)CC(=O)N1CCOCC1. The Morgan fingerprint density at radius 3 is 2.67 bits per heavy atom. The van der Waals surface area contributed by atoms with Crippen LogP contribution >= 0.6 is 0 Å². The fraction of sp³-hybridized carbons (Fsp3) is 0.393.